The van der Waals surface area contributed by atoms with Crippen molar-refractivity contribution in [3.05, 3.63) is 30.3 Å². The van der Waals surface area contributed by atoms with Crippen LogP contribution in [0.1, 0.15) is 44.9 Å². The maximum Gasteiger partial charge on any atom is 0.147 e. The van der Waals surface area contributed by atoms with Crippen LogP contribution in [0.3, 0.4) is 0 Å². The lowest BCUT2D eigenvalue weighted by atomic mass is 9.71. The van der Waals surface area contributed by atoms with Gasteiger partial charge in [0.1, 0.15) is 6.79 Å². The van der Waals surface area contributed by atoms with E-state index in [0.717, 1.165) is 45.8 Å². The maximum absolute atomic E-state index is 6.05. The average Bonchev–Trinajstić information content (AvgIpc) is 2.90. The van der Waals surface area contributed by atoms with E-state index in [1.165, 1.54) is 44.2 Å². The van der Waals surface area contributed by atoms with Crippen molar-refractivity contribution in [1.29, 1.82) is 0 Å². The fourth-order valence-electron chi connectivity index (χ4n) is 5.03. The zero-order valence-corrected chi connectivity index (χ0v) is 16.1. The summed E-state index contributed by atoms with van der Waals surface area (Å²) in [6.45, 7) is 7.13. The maximum atomic E-state index is 6.05. The van der Waals surface area contributed by atoms with Gasteiger partial charge in [-0.1, -0.05) is 37.5 Å². The topological polar surface area (TPSA) is 24.9 Å². The van der Waals surface area contributed by atoms with Gasteiger partial charge in [0.15, 0.2) is 0 Å². The summed E-state index contributed by atoms with van der Waals surface area (Å²) < 4.78 is 11.9. The number of hydrogen-bond donors (Lipinski definition) is 0. The second-order valence-corrected chi connectivity index (χ2v) is 8.47. The van der Waals surface area contributed by atoms with E-state index < -0.39 is 0 Å². The van der Waals surface area contributed by atoms with Crippen molar-refractivity contribution in [2.45, 2.75) is 51.0 Å². The second-order valence-electron chi connectivity index (χ2n) is 8.47. The molecule has 1 aromatic rings. The van der Waals surface area contributed by atoms with Gasteiger partial charge in [-0.2, -0.15) is 0 Å². The van der Waals surface area contributed by atoms with Gasteiger partial charge >= 0.3 is 0 Å². The summed E-state index contributed by atoms with van der Waals surface area (Å²) in [6, 6.07) is 10.8. The normalized spacial score (nSPS) is 27.4. The standard InChI is InChI=1S/C22H34N2O2/c1-3-7-20(8-4-1)24-15-13-23(14-16-24)12-9-21-17-22(18-25-19-26-21)10-5-2-6-11-22/h1,3-4,7-8,21H,2,5-6,9-19H2. The molecule has 3 fully saturated rings. The Morgan fingerprint density at radius 3 is 2.50 bits per heavy atom. The molecule has 4 nitrogen and oxygen atoms in total. The first-order valence-corrected chi connectivity index (χ1v) is 10.5. The molecule has 2 saturated heterocycles. The minimum atomic E-state index is 0.378. The van der Waals surface area contributed by atoms with E-state index in [4.69, 9.17) is 9.47 Å². The number of para-hydroxylation sites is 1. The van der Waals surface area contributed by atoms with E-state index >= 15 is 0 Å². The quantitative estimate of drug-likeness (QED) is 0.815. The molecule has 1 aromatic carbocycles. The summed E-state index contributed by atoms with van der Waals surface area (Å²) >= 11 is 0. The number of anilines is 1. The monoisotopic (exact) mass is 358 g/mol. The SMILES string of the molecule is c1ccc(N2CCN(CCC3CC4(CCCCC4)COCO3)CC2)cc1. The molecule has 4 rings (SSSR count). The Kier molecular flexibility index (Phi) is 6.13. The summed E-state index contributed by atoms with van der Waals surface area (Å²) in [7, 11) is 0. The lowest BCUT2D eigenvalue weighted by Gasteiger charge is -2.38. The van der Waals surface area contributed by atoms with Crippen LogP contribution in [-0.2, 0) is 9.47 Å². The average molecular weight is 359 g/mol. The molecule has 1 saturated carbocycles. The largest absolute Gasteiger partial charge is 0.369 e. The van der Waals surface area contributed by atoms with Crippen molar-refractivity contribution in [2.24, 2.45) is 5.41 Å². The Bertz CT molecular complexity index is 536. The zero-order chi connectivity index (χ0) is 17.7. The van der Waals surface area contributed by atoms with Crippen molar-refractivity contribution in [3.8, 4) is 0 Å². The fraction of sp³-hybridized carbons (Fsp3) is 0.727. The van der Waals surface area contributed by atoms with E-state index in [2.05, 4.69) is 40.1 Å². The number of piperazine rings is 1. The lowest BCUT2D eigenvalue weighted by molar-refractivity contribution is -0.0745. The van der Waals surface area contributed by atoms with Crippen LogP contribution < -0.4 is 4.90 Å². The van der Waals surface area contributed by atoms with E-state index in [1.807, 2.05) is 0 Å². The Morgan fingerprint density at radius 1 is 0.962 bits per heavy atom. The predicted molar refractivity (Wildman–Crippen MR) is 106 cm³/mol. The molecule has 2 aliphatic heterocycles. The van der Waals surface area contributed by atoms with E-state index in [9.17, 15) is 0 Å². The van der Waals surface area contributed by atoms with Crippen LogP contribution in [-0.4, -0.2) is 57.1 Å². The first kappa shape index (κ1) is 18.3. The van der Waals surface area contributed by atoms with Crippen LogP contribution in [0, 0.1) is 5.41 Å². The first-order valence-electron chi connectivity index (χ1n) is 10.5. The molecule has 26 heavy (non-hydrogen) atoms. The number of hydrogen-bond acceptors (Lipinski definition) is 4. The van der Waals surface area contributed by atoms with Crippen LogP contribution in [0.25, 0.3) is 0 Å². The van der Waals surface area contributed by atoms with E-state index in [-0.39, 0.29) is 0 Å². The Morgan fingerprint density at radius 2 is 1.73 bits per heavy atom. The summed E-state index contributed by atoms with van der Waals surface area (Å²) in [4.78, 5) is 5.12. The van der Waals surface area contributed by atoms with Crippen LogP contribution in [0.2, 0.25) is 0 Å². The minimum absolute atomic E-state index is 0.378. The second kappa shape index (κ2) is 8.73. The van der Waals surface area contributed by atoms with Gasteiger partial charge in [-0.05, 0) is 43.2 Å². The van der Waals surface area contributed by atoms with Gasteiger partial charge in [-0.15, -0.1) is 0 Å². The molecule has 0 radical (unpaired) electrons. The van der Waals surface area contributed by atoms with Gasteiger partial charge in [0, 0.05) is 38.4 Å². The van der Waals surface area contributed by atoms with Gasteiger partial charge in [-0.3, -0.25) is 4.90 Å². The van der Waals surface area contributed by atoms with Crippen molar-refractivity contribution >= 4 is 5.69 Å². The molecule has 0 N–H and O–H groups in total. The van der Waals surface area contributed by atoms with Crippen molar-refractivity contribution < 1.29 is 9.47 Å². The molecule has 4 heteroatoms. The molecule has 3 aliphatic rings. The van der Waals surface area contributed by atoms with Crippen LogP contribution in [0.5, 0.6) is 0 Å². The van der Waals surface area contributed by atoms with Gasteiger partial charge in [0.25, 0.3) is 0 Å². The number of rotatable bonds is 4. The van der Waals surface area contributed by atoms with Gasteiger partial charge in [0.2, 0.25) is 0 Å². The summed E-state index contributed by atoms with van der Waals surface area (Å²) in [6.07, 6.45) is 9.55. The fourth-order valence-corrected chi connectivity index (χ4v) is 5.03. The Hall–Kier alpha value is -1.10. The smallest absolute Gasteiger partial charge is 0.147 e. The molecular formula is C22H34N2O2. The Labute approximate surface area is 158 Å². The number of ether oxygens (including phenoxy) is 2. The molecule has 1 spiro atoms. The number of benzene rings is 1. The molecule has 2 heterocycles. The Balaban J connectivity index is 1.24. The highest BCUT2D eigenvalue weighted by atomic mass is 16.7. The minimum Gasteiger partial charge on any atom is -0.369 e. The van der Waals surface area contributed by atoms with Crippen LogP contribution in [0.15, 0.2) is 30.3 Å². The van der Waals surface area contributed by atoms with Gasteiger partial charge < -0.3 is 14.4 Å². The molecule has 0 aromatic heterocycles. The molecule has 1 atom stereocenters. The van der Waals surface area contributed by atoms with Gasteiger partial charge in [0.05, 0.1) is 12.7 Å². The van der Waals surface area contributed by atoms with Crippen LogP contribution in [0.4, 0.5) is 5.69 Å². The van der Waals surface area contributed by atoms with Crippen molar-refractivity contribution in [1.82, 2.24) is 4.90 Å². The molecule has 1 unspecified atom stereocenters. The van der Waals surface area contributed by atoms with Crippen molar-refractivity contribution in [2.75, 3.05) is 51.0 Å². The predicted octanol–water partition coefficient (Wildman–Crippen LogP) is 3.91. The molecule has 144 valence electrons. The molecule has 0 amide bonds. The zero-order valence-electron chi connectivity index (χ0n) is 16.1. The number of nitrogens with zero attached hydrogens (tertiary/aromatic N) is 2. The van der Waals surface area contributed by atoms with Crippen LogP contribution >= 0.6 is 0 Å². The molecule has 0 bridgehead atoms. The van der Waals surface area contributed by atoms with E-state index in [1.54, 1.807) is 0 Å². The van der Waals surface area contributed by atoms with Crippen molar-refractivity contribution in [3.63, 3.8) is 0 Å². The van der Waals surface area contributed by atoms with Gasteiger partial charge in [-0.25, -0.2) is 0 Å². The summed E-state index contributed by atoms with van der Waals surface area (Å²) in [5, 5.41) is 0. The summed E-state index contributed by atoms with van der Waals surface area (Å²) in [5.74, 6) is 0. The highest BCUT2D eigenvalue weighted by molar-refractivity contribution is 5.46. The highest BCUT2D eigenvalue weighted by Gasteiger charge is 2.37. The molecular weight excluding hydrogens is 324 g/mol. The molecule has 1 aliphatic carbocycles. The lowest BCUT2D eigenvalue weighted by Crippen LogP contribution is -2.47. The first-order chi connectivity index (χ1) is 12.8. The summed E-state index contributed by atoms with van der Waals surface area (Å²) in [5.41, 5.74) is 1.77. The highest BCUT2D eigenvalue weighted by Crippen LogP contribution is 2.42. The third-order valence-corrected chi connectivity index (χ3v) is 6.63. The third kappa shape index (κ3) is 4.59. The van der Waals surface area contributed by atoms with E-state index in [0.29, 0.717) is 18.3 Å². The third-order valence-electron chi connectivity index (χ3n) is 6.63.